The fourth-order valence-electron chi connectivity index (χ4n) is 0.619. The molecule has 0 atom stereocenters. The number of hydrogen-bond donors (Lipinski definition) is 2. The monoisotopic (exact) mass is 166 g/mol. The van der Waals surface area contributed by atoms with E-state index in [0.29, 0.717) is 0 Å². The number of rotatable bonds is 1. The summed E-state index contributed by atoms with van der Waals surface area (Å²) >= 11 is 0. The van der Waals surface area contributed by atoms with Crippen LogP contribution in [-0.2, 0) is 4.74 Å². The minimum absolute atomic E-state index is 0.240. The summed E-state index contributed by atoms with van der Waals surface area (Å²) in [5, 5.41) is 16.8. The van der Waals surface area contributed by atoms with Crippen molar-refractivity contribution >= 4 is 11.9 Å². The number of aromatic amines is 1. The standard InChI is InChI=1S/C6H6N4O2/c1-12-6(11)9-5-4(2-7)3-8-10-5/h3H,1H3,(H2,8,9,10,11). The maximum Gasteiger partial charge on any atom is 0.412 e. The molecule has 0 aliphatic heterocycles. The molecule has 2 N–H and O–H groups in total. The first kappa shape index (κ1) is 8.07. The smallest absolute Gasteiger partial charge is 0.412 e. The number of hydrogen-bond acceptors (Lipinski definition) is 4. The molecule has 0 aliphatic rings. The summed E-state index contributed by atoms with van der Waals surface area (Å²) in [7, 11) is 1.23. The first-order valence-corrected chi connectivity index (χ1v) is 3.06. The number of methoxy groups -OCH3 is 1. The number of carbonyl (C=O) groups excluding carboxylic acids is 1. The summed E-state index contributed by atoms with van der Waals surface area (Å²) in [6.07, 6.45) is 0.668. The fraction of sp³-hybridized carbons (Fsp3) is 0.167. The number of nitrogens with zero attached hydrogens (tertiary/aromatic N) is 2. The summed E-state index contributed by atoms with van der Waals surface area (Å²) in [4.78, 5) is 10.7. The van der Waals surface area contributed by atoms with E-state index in [-0.39, 0.29) is 11.4 Å². The van der Waals surface area contributed by atoms with Gasteiger partial charge >= 0.3 is 6.09 Å². The average molecular weight is 166 g/mol. The number of ether oxygens (including phenoxy) is 1. The molecular formula is C6H6N4O2. The Hall–Kier alpha value is -2.03. The zero-order valence-electron chi connectivity index (χ0n) is 6.29. The summed E-state index contributed by atoms with van der Waals surface area (Å²) in [6.45, 7) is 0. The van der Waals surface area contributed by atoms with Gasteiger partial charge in [-0.2, -0.15) is 10.4 Å². The summed E-state index contributed by atoms with van der Waals surface area (Å²) in [5.41, 5.74) is 0.264. The van der Waals surface area contributed by atoms with Crippen molar-refractivity contribution in [2.45, 2.75) is 0 Å². The van der Waals surface area contributed by atoms with Crippen LogP contribution in [0.15, 0.2) is 6.20 Å². The minimum Gasteiger partial charge on any atom is -0.453 e. The molecule has 0 aromatic carbocycles. The molecule has 62 valence electrons. The molecule has 1 rings (SSSR count). The highest BCUT2D eigenvalue weighted by molar-refractivity contribution is 5.84. The van der Waals surface area contributed by atoms with Crippen LogP contribution in [0.25, 0.3) is 0 Å². The molecule has 0 fully saturated rings. The number of anilines is 1. The van der Waals surface area contributed by atoms with Crippen molar-refractivity contribution in [3.8, 4) is 6.07 Å². The third kappa shape index (κ3) is 1.52. The van der Waals surface area contributed by atoms with E-state index >= 15 is 0 Å². The van der Waals surface area contributed by atoms with Crippen LogP contribution in [0.2, 0.25) is 0 Å². The van der Waals surface area contributed by atoms with Crippen LogP contribution in [-0.4, -0.2) is 23.4 Å². The van der Waals surface area contributed by atoms with Gasteiger partial charge < -0.3 is 4.74 Å². The van der Waals surface area contributed by atoms with Crippen LogP contribution >= 0.6 is 0 Å². The van der Waals surface area contributed by atoms with E-state index in [1.54, 1.807) is 0 Å². The van der Waals surface area contributed by atoms with Crippen molar-refractivity contribution in [1.29, 1.82) is 5.26 Å². The van der Waals surface area contributed by atoms with E-state index in [2.05, 4.69) is 20.3 Å². The van der Waals surface area contributed by atoms with Crippen molar-refractivity contribution in [1.82, 2.24) is 10.2 Å². The van der Waals surface area contributed by atoms with Crippen LogP contribution in [0.5, 0.6) is 0 Å². The lowest BCUT2D eigenvalue weighted by atomic mass is 10.4. The van der Waals surface area contributed by atoms with Gasteiger partial charge in [0.2, 0.25) is 0 Å². The maximum absolute atomic E-state index is 10.7. The molecule has 0 aliphatic carbocycles. The van der Waals surface area contributed by atoms with Gasteiger partial charge in [-0.05, 0) is 0 Å². The van der Waals surface area contributed by atoms with Crippen molar-refractivity contribution in [3.63, 3.8) is 0 Å². The van der Waals surface area contributed by atoms with Gasteiger partial charge in [0.25, 0.3) is 0 Å². The second-order valence-electron chi connectivity index (χ2n) is 1.89. The Morgan fingerprint density at radius 2 is 2.67 bits per heavy atom. The normalized spacial score (nSPS) is 8.67. The van der Waals surface area contributed by atoms with E-state index in [4.69, 9.17) is 5.26 Å². The van der Waals surface area contributed by atoms with Crippen molar-refractivity contribution in [2.75, 3.05) is 12.4 Å². The predicted molar refractivity (Wildman–Crippen MR) is 39.3 cm³/mol. The highest BCUT2D eigenvalue weighted by atomic mass is 16.5. The molecule has 1 heterocycles. The van der Waals surface area contributed by atoms with Gasteiger partial charge in [-0.1, -0.05) is 0 Å². The predicted octanol–water partition coefficient (Wildman–Crippen LogP) is 0.460. The summed E-state index contributed by atoms with van der Waals surface area (Å²) in [6, 6.07) is 1.84. The van der Waals surface area contributed by atoms with Crippen LogP contribution in [0.4, 0.5) is 10.6 Å². The number of carbonyl (C=O) groups is 1. The number of amides is 1. The van der Waals surface area contributed by atoms with Crippen molar-refractivity contribution in [3.05, 3.63) is 11.8 Å². The van der Waals surface area contributed by atoms with E-state index in [1.165, 1.54) is 13.3 Å². The lowest BCUT2D eigenvalue weighted by Gasteiger charge is -1.98. The zero-order valence-corrected chi connectivity index (χ0v) is 6.29. The number of H-pyrrole nitrogens is 1. The lowest BCUT2D eigenvalue weighted by Crippen LogP contribution is -2.11. The van der Waals surface area contributed by atoms with E-state index in [1.807, 2.05) is 6.07 Å². The average Bonchev–Trinajstić information content (AvgIpc) is 2.51. The van der Waals surface area contributed by atoms with Gasteiger partial charge in [0.05, 0.1) is 13.3 Å². The molecule has 0 unspecified atom stereocenters. The Kier molecular flexibility index (Phi) is 2.28. The SMILES string of the molecule is COC(=O)Nc1[nH]ncc1C#N. The summed E-state index contributed by atoms with van der Waals surface area (Å²) in [5.74, 6) is 0.240. The molecule has 1 aromatic heterocycles. The molecule has 0 radical (unpaired) electrons. The van der Waals surface area contributed by atoms with Crippen LogP contribution in [0, 0.1) is 11.3 Å². The Labute approximate surface area is 68.1 Å². The minimum atomic E-state index is -0.643. The first-order chi connectivity index (χ1) is 5.77. The molecular weight excluding hydrogens is 160 g/mol. The van der Waals surface area contributed by atoms with Gasteiger partial charge in [-0.15, -0.1) is 0 Å². The van der Waals surface area contributed by atoms with E-state index in [0.717, 1.165) is 0 Å². The van der Waals surface area contributed by atoms with Gasteiger partial charge in [0.15, 0.2) is 0 Å². The third-order valence-electron chi connectivity index (χ3n) is 1.17. The number of aromatic nitrogens is 2. The van der Waals surface area contributed by atoms with E-state index in [9.17, 15) is 4.79 Å². The van der Waals surface area contributed by atoms with Gasteiger partial charge in [0.1, 0.15) is 17.5 Å². The fourth-order valence-corrected chi connectivity index (χ4v) is 0.619. The topological polar surface area (TPSA) is 90.8 Å². The second-order valence-corrected chi connectivity index (χ2v) is 1.89. The molecule has 0 saturated heterocycles. The maximum atomic E-state index is 10.7. The Morgan fingerprint density at radius 3 is 3.25 bits per heavy atom. The lowest BCUT2D eigenvalue weighted by molar-refractivity contribution is 0.187. The first-order valence-electron chi connectivity index (χ1n) is 3.06. The zero-order chi connectivity index (χ0) is 8.97. The molecule has 1 aromatic rings. The highest BCUT2D eigenvalue weighted by Gasteiger charge is 2.07. The molecule has 0 spiro atoms. The van der Waals surface area contributed by atoms with Crippen LogP contribution in [0.3, 0.4) is 0 Å². The van der Waals surface area contributed by atoms with Crippen LogP contribution < -0.4 is 5.32 Å². The quantitative estimate of drug-likeness (QED) is 0.634. The molecule has 0 saturated carbocycles. The Bertz CT molecular complexity index is 325. The Morgan fingerprint density at radius 1 is 1.92 bits per heavy atom. The third-order valence-corrected chi connectivity index (χ3v) is 1.17. The van der Waals surface area contributed by atoms with E-state index < -0.39 is 6.09 Å². The number of nitrogens with one attached hydrogen (secondary N) is 2. The van der Waals surface area contributed by atoms with Gasteiger partial charge in [-0.3, -0.25) is 10.4 Å². The Balaban J connectivity index is 2.76. The summed E-state index contributed by atoms with van der Waals surface area (Å²) < 4.78 is 4.32. The molecule has 0 bridgehead atoms. The van der Waals surface area contributed by atoms with Gasteiger partial charge in [0, 0.05) is 0 Å². The highest BCUT2D eigenvalue weighted by Crippen LogP contribution is 2.08. The van der Waals surface area contributed by atoms with Crippen LogP contribution in [0.1, 0.15) is 5.56 Å². The van der Waals surface area contributed by atoms with Crippen molar-refractivity contribution in [2.24, 2.45) is 0 Å². The second kappa shape index (κ2) is 3.39. The number of nitriles is 1. The molecule has 12 heavy (non-hydrogen) atoms. The van der Waals surface area contributed by atoms with Gasteiger partial charge in [-0.25, -0.2) is 4.79 Å². The largest absolute Gasteiger partial charge is 0.453 e. The molecule has 6 nitrogen and oxygen atoms in total. The molecule has 6 heteroatoms. The van der Waals surface area contributed by atoms with Crippen molar-refractivity contribution < 1.29 is 9.53 Å². The molecule has 1 amide bonds.